The molecule has 0 heterocycles. The molecule has 0 aromatic heterocycles. The Balaban J connectivity index is 0.687. The number of fused-ring (bicyclic) bond motifs is 8. The van der Waals surface area contributed by atoms with Gasteiger partial charge >= 0.3 is 0 Å². The highest BCUT2D eigenvalue weighted by molar-refractivity contribution is 6.25. The molecule has 0 N–H and O–H groups in total. The molecular weight excluding hydrogens is 1010 g/mol. The first kappa shape index (κ1) is 49.5. The van der Waals surface area contributed by atoms with Gasteiger partial charge in [0.2, 0.25) is 0 Å². The molecule has 0 bridgehead atoms. The third-order valence-electron chi connectivity index (χ3n) is 18.5. The van der Waals surface area contributed by atoms with Crippen molar-refractivity contribution in [1.82, 2.24) is 0 Å². The SMILES string of the molecule is CC1(C)c2cc(C=Cc3ccc4ccc5c(C=Cc6ccc7c(c6)C(C)(C)c6cc(N(c8ccccc8)c8ccc9ccccc9c8)ccc6-7)ccc6ccc3c4c65)ccc2-c2ccc(N(c3ccccc3)c3ccc4ccccc4c3)cc21. The predicted octanol–water partition coefficient (Wildman–Crippen LogP) is 22.8. The summed E-state index contributed by atoms with van der Waals surface area (Å²) in [7, 11) is 0. The van der Waals surface area contributed by atoms with Gasteiger partial charge in [0, 0.05) is 45.0 Å². The van der Waals surface area contributed by atoms with E-state index in [0.29, 0.717) is 0 Å². The number of hydrogen-bond donors (Lipinski definition) is 0. The molecular formula is C82H60N2. The van der Waals surface area contributed by atoms with Crippen LogP contribution in [0.2, 0.25) is 0 Å². The fourth-order valence-electron chi connectivity index (χ4n) is 14.2. The molecule has 0 aliphatic heterocycles. The van der Waals surface area contributed by atoms with Gasteiger partial charge in [-0.1, -0.05) is 246 Å². The van der Waals surface area contributed by atoms with Crippen molar-refractivity contribution < 1.29 is 0 Å². The van der Waals surface area contributed by atoms with Gasteiger partial charge in [-0.15, -0.1) is 0 Å². The van der Waals surface area contributed by atoms with Crippen LogP contribution in [0.25, 0.3) is 100 Å². The number of rotatable bonds is 10. The van der Waals surface area contributed by atoms with E-state index < -0.39 is 0 Å². The lowest BCUT2D eigenvalue weighted by atomic mass is 9.81. The minimum absolute atomic E-state index is 0.200. The molecule has 398 valence electrons. The van der Waals surface area contributed by atoms with Crippen molar-refractivity contribution in [3.05, 3.63) is 311 Å². The summed E-state index contributed by atoms with van der Waals surface area (Å²) in [5.41, 5.74) is 22.0. The largest absolute Gasteiger partial charge is 0.310 e. The Morgan fingerprint density at radius 2 is 0.583 bits per heavy atom. The van der Waals surface area contributed by atoms with E-state index in [0.717, 1.165) is 34.1 Å². The molecule has 14 aromatic rings. The van der Waals surface area contributed by atoms with E-state index in [-0.39, 0.29) is 10.8 Å². The number of anilines is 6. The lowest BCUT2D eigenvalue weighted by Gasteiger charge is -2.28. The topological polar surface area (TPSA) is 6.48 Å². The molecule has 0 amide bonds. The summed E-state index contributed by atoms with van der Waals surface area (Å²) in [6, 6.07) is 99.0. The Bertz CT molecular complexity index is 4700. The summed E-state index contributed by atoms with van der Waals surface area (Å²) in [6.07, 6.45) is 9.26. The summed E-state index contributed by atoms with van der Waals surface area (Å²) in [5.74, 6) is 0. The lowest BCUT2D eigenvalue weighted by Crippen LogP contribution is -2.16. The van der Waals surface area contributed by atoms with Crippen LogP contribution in [0.5, 0.6) is 0 Å². The minimum Gasteiger partial charge on any atom is -0.310 e. The maximum Gasteiger partial charge on any atom is 0.0468 e. The van der Waals surface area contributed by atoms with Gasteiger partial charge < -0.3 is 9.80 Å². The maximum atomic E-state index is 2.43. The molecule has 2 nitrogen and oxygen atoms in total. The van der Waals surface area contributed by atoms with Crippen LogP contribution in [0.3, 0.4) is 0 Å². The van der Waals surface area contributed by atoms with Crippen molar-refractivity contribution in [3.63, 3.8) is 0 Å². The van der Waals surface area contributed by atoms with E-state index in [1.54, 1.807) is 0 Å². The van der Waals surface area contributed by atoms with E-state index >= 15 is 0 Å². The van der Waals surface area contributed by atoms with Crippen LogP contribution in [0.15, 0.2) is 267 Å². The second kappa shape index (κ2) is 19.2. The maximum absolute atomic E-state index is 2.43. The summed E-state index contributed by atoms with van der Waals surface area (Å²) in [5, 5.41) is 12.6. The zero-order valence-electron chi connectivity index (χ0n) is 47.6. The Kier molecular flexibility index (Phi) is 11.3. The highest BCUT2D eigenvalue weighted by Gasteiger charge is 2.38. The molecule has 0 spiro atoms. The molecule has 2 aliphatic rings. The Morgan fingerprint density at radius 3 is 1.01 bits per heavy atom. The first-order valence-corrected chi connectivity index (χ1v) is 29.5. The van der Waals surface area contributed by atoms with Crippen LogP contribution in [0, 0.1) is 0 Å². The summed E-state index contributed by atoms with van der Waals surface area (Å²) < 4.78 is 0. The molecule has 14 aromatic carbocycles. The Hall–Kier alpha value is -10.3. The Labute approximate surface area is 491 Å². The van der Waals surface area contributed by atoms with Crippen molar-refractivity contribution >= 4 is 112 Å². The van der Waals surface area contributed by atoms with Gasteiger partial charge in [-0.2, -0.15) is 0 Å². The van der Waals surface area contributed by atoms with Crippen molar-refractivity contribution in [2.24, 2.45) is 0 Å². The average molecular weight is 1070 g/mol. The minimum atomic E-state index is -0.200. The third kappa shape index (κ3) is 8.00. The van der Waals surface area contributed by atoms with Gasteiger partial charge in [-0.05, 0) is 193 Å². The van der Waals surface area contributed by atoms with E-state index in [9.17, 15) is 0 Å². The second-order valence-corrected chi connectivity index (χ2v) is 24.1. The predicted molar refractivity (Wildman–Crippen MR) is 360 cm³/mol. The van der Waals surface area contributed by atoms with Gasteiger partial charge in [0.05, 0.1) is 0 Å². The standard InChI is InChI=1S/C82H60N2/c1-81(2)75-47-53(25-41-71(75)73-45-39-67(51-77(73)81)83(63-19-7-5-8-20-63)65-37-33-55-15-11-13-17-61(55)49-65)23-27-57-29-31-59-36-44-70-58(30-32-60-35-43-69(57)79(59)80(60)70)28-24-54-26-42-72-74-46-40-68(52-78(74)82(3,4)76(72)48-54)84(64-21-9-6-10-22-64)66-38-34-56-16-12-14-18-62(56)50-66/h5-52H,1-4H3. The smallest absolute Gasteiger partial charge is 0.0468 e. The molecule has 16 rings (SSSR count). The van der Waals surface area contributed by atoms with Crippen molar-refractivity contribution in [3.8, 4) is 22.3 Å². The molecule has 0 fully saturated rings. The van der Waals surface area contributed by atoms with Crippen LogP contribution in [-0.2, 0) is 10.8 Å². The molecule has 0 unspecified atom stereocenters. The van der Waals surface area contributed by atoms with Crippen molar-refractivity contribution in [2.75, 3.05) is 9.80 Å². The van der Waals surface area contributed by atoms with Gasteiger partial charge in [0.15, 0.2) is 0 Å². The van der Waals surface area contributed by atoms with Gasteiger partial charge in [0.1, 0.15) is 0 Å². The summed E-state index contributed by atoms with van der Waals surface area (Å²) in [4.78, 5) is 4.79. The van der Waals surface area contributed by atoms with Crippen molar-refractivity contribution in [2.45, 2.75) is 38.5 Å². The second-order valence-electron chi connectivity index (χ2n) is 24.1. The van der Waals surface area contributed by atoms with Gasteiger partial charge in [0.25, 0.3) is 0 Å². The normalized spacial score (nSPS) is 13.8. The van der Waals surface area contributed by atoms with Crippen LogP contribution >= 0.6 is 0 Å². The fraction of sp³-hybridized carbons (Fsp3) is 0.0732. The highest BCUT2D eigenvalue weighted by atomic mass is 15.1. The van der Waals surface area contributed by atoms with E-state index in [2.05, 4.69) is 329 Å². The first-order valence-electron chi connectivity index (χ1n) is 29.5. The molecule has 0 saturated heterocycles. The average Bonchev–Trinajstić information content (AvgIpc) is 3.92. The summed E-state index contributed by atoms with van der Waals surface area (Å²) in [6.45, 7) is 9.54. The molecule has 0 radical (unpaired) electrons. The molecule has 2 aliphatic carbocycles. The number of benzene rings is 14. The molecule has 84 heavy (non-hydrogen) atoms. The first-order chi connectivity index (χ1) is 41.1. The third-order valence-corrected chi connectivity index (χ3v) is 18.5. The van der Waals surface area contributed by atoms with Crippen molar-refractivity contribution in [1.29, 1.82) is 0 Å². The van der Waals surface area contributed by atoms with Gasteiger partial charge in [-0.3, -0.25) is 0 Å². The van der Waals surface area contributed by atoms with E-state index in [1.807, 2.05) is 0 Å². The number of nitrogens with zero attached hydrogens (tertiary/aromatic N) is 2. The van der Waals surface area contributed by atoms with E-state index in [1.165, 1.54) is 121 Å². The monoisotopic (exact) mass is 1070 g/mol. The molecule has 0 atom stereocenters. The van der Waals surface area contributed by atoms with Crippen LogP contribution in [0.4, 0.5) is 34.1 Å². The van der Waals surface area contributed by atoms with E-state index in [4.69, 9.17) is 0 Å². The number of para-hydroxylation sites is 2. The molecule has 0 saturated carbocycles. The summed E-state index contributed by atoms with van der Waals surface area (Å²) >= 11 is 0. The quantitative estimate of drug-likeness (QED) is 0.0995. The fourth-order valence-corrected chi connectivity index (χ4v) is 14.2. The Morgan fingerprint density at radius 1 is 0.250 bits per heavy atom. The zero-order chi connectivity index (χ0) is 56.3. The van der Waals surface area contributed by atoms with Crippen LogP contribution in [0.1, 0.15) is 72.2 Å². The zero-order valence-corrected chi connectivity index (χ0v) is 47.6. The number of hydrogen-bond acceptors (Lipinski definition) is 2. The molecule has 2 heteroatoms. The highest BCUT2D eigenvalue weighted by Crippen LogP contribution is 2.53. The van der Waals surface area contributed by atoms with Crippen LogP contribution in [-0.4, -0.2) is 0 Å². The van der Waals surface area contributed by atoms with Crippen LogP contribution < -0.4 is 9.80 Å². The van der Waals surface area contributed by atoms with Gasteiger partial charge in [-0.25, -0.2) is 0 Å². The lowest BCUT2D eigenvalue weighted by molar-refractivity contribution is 0.660.